The van der Waals surface area contributed by atoms with Crippen molar-refractivity contribution in [1.82, 2.24) is 15.6 Å². The first kappa shape index (κ1) is 23.4. The number of amides is 2. The van der Waals surface area contributed by atoms with Crippen LogP contribution < -0.4 is 16.4 Å². The van der Waals surface area contributed by atoms with E-state index in [0.717, 1.165) is 11.4 Å². The zero-order valence-electron chi connectivity index (χ0n) is 12.9. The van der Waals surface area contributed by atoms with E-state index in [1.165, 1.54) is 11.3 Å². The molecular weight excluding hydrogens is 347 g/mol. The number of hydrogen-bond acceptors (Lipinski definition) is 5. The average molecular weight is 371 g/mol. The van der Waals surface area contributed by atoms with Crippen LogP contribution in [0.1, 0.15) is 38.2 Å². The molecule has 0 aliphatic rings. The van der Waals surface area contributed by atoms with Gasteiger partial charge >= 0.3 is 0 Å². The quantitative estimate of drug-likeness (QED) is 0.679. The highest BCUT2D eigenvalue weighted by molar-refractivity contribution is 7.09. The van der Waals surface area contributed by atoms with Gasteiger partial charge in [0.05, 0.1) is 18.6 Å². The highest BCUT2D eigenvalue weighted by Gasteiger charge is 2.19. The molecule has 2 amide bonds. The number of aromatic nitrogens is 1. The Morgan fingerprint density at radius 3 is 2.45 bits per heavy atom. The normalized spacial score (nSPS) is 12.6. The van der Waals surface area contributed by atoms with Crippen molar-refractivity contribution >= 4 is 48.0 Å². The van der Waals surface area contributed by atoms with Crippen LogP contribution in [0.4, 0.5) is 0 Å². The predicted octanol–water partition coefficient (Wildman–Crippen LogP) is 1.65. The zero-order valence-corrected chi connectivity index (χ0v) is 15.3. The molecule has 128 valence electrons. The topological polar surface area (TPSA) is 97.1 Å². The fraction of sp³-hybridized carbons (Fsp3) is 0.615. The molecule has 1 aromatic rings. The number of halogens is 2. The molecule has 6 nitrogen and oxygen atoms in total. The Bertz CT molecular complexity index is 443. The van der Waals surface area contributed by atoms with Gasteiger partial charge < -0.3 is 16.4 Å². The molecule has 0 aromatic carbocycles. The van der Waals surface area contributed by atoms with Gasteiger partial charge in [0.15, 0.2) is 0 Å². The zero-order chi connectivity index (χ0) is 15.1. The number of rotatable bonds is 7. The van der Waals surface area contributed by atoms with Crippen molar-refractivity contribution in [1.29, 1.82) is 0 Å². The number of nitrogens with two attached hydrogens (primary N) is 1. The molecule has 9 heteroatoms. The standard InChI is InChI=1S/C13H22N4O2S.2ClH/c1-4-9(13-15-5-6-20-13)17-10(18)7-16-12(19)11(14)8(2)3;;/h5-6,8-9,11H,4,7,14H2,1-3H3,(H,16,19)(H,17,18);2*1H/t9?,11-;;/m0../s1. The molecule has 0 spiro atoms. The highest BCUT2D eigenvalue weighted by Crippen LogP contribution is 2.18. The average Bonchev–Trinajstić information content (AvgIpc) is 2.94. The molecule has 0 saturated carbocycles. The van der Waals surface area contributed by atoms with Crippen molar-refractivity contribution < 1.29 is 9.59 Å². The van der Waals surface area contributed by atoms with Crippen LogP contribution in [0.25, 0.3) is 0 Å². The third kappa shape index (κ3) is 7.40. The maximum atomic E-state index is 11.8. The van der Waals surface area contributed by atoms with Crippen LogP contribution in [0.5, 0.6) is 0 Å². The summed E-state index contributed by atoms with van der Waals surface area (Å²) in [5.74, 6) is -0.509. The lowest BCUT2D eigenvalue weighted by atomic mass is 10.1. The van der Waals surface area contributed by atoms with Crippen molar-refractivity contribution in [2.24, 2.45) is 11.7 Å². The van der Waals surface area contributed by atoms with Crippen molar-refractivity contribution in [3.63, 3.8) is 0 Å². The summed E-state index contributed by atoms with van der Waals surface area (Å²) in [4.78, 5) is 27.6. The lowest BCUT2D eigenvalue weighted by Crippen LogP contribution is -2.47. The monoisotopic (exact) mass is 370 g/mol. The Morgan fingerprint density at radius 2 is 2.00 bits per heavy atom. The van der Waals surface area contributed by atoms with E-state index in [0.29, 0.717) is 0 Å². The number of nitrogens with one attached hydrogen (secondary N) is 2. The largest absolute Gasteiger partial charge is 0.346 e. The Hall–Kier alpha value is -0.890. The minimum absolute atomic E-state index is 0. The molecule has 2 atom stereocenters. The van der Waals surface area contributed by atoms with Crippen LogP contribution >= 0.6 is 36.2 Å². The van der Waals surface area contributed by atoms with Gasteiger partial charge in [-0.05, 0) is 12.3 Å². The summed E-state index contributed by atoms with van der Waals surface area (Å²) >= 11 is 1.50. The molecule has 1 rings (SSSR count). The first-order valence-corrected chi connectivity index (χ1v) is 7.55. The number of nitrogens with zero attached hydrogens (tertiary/aromatic N) is 1. The maximum absolute atomic E-state index is 11.8. The lowest BCUT2D eigenvalue weighted by molar-refractivity contribution is -0.127. The van der Waals surface area contributed by atoms with E-state index in [9.17, 15) is 9.59 Å². The molecular formula is C13H24Cl2N4O2S. The van der Waals surface area contributed by atoms with Gasteiger partial charge in [-0.15, -0.1) is 36.2 Å². The van der Waals surface area contributed by atoms with E-state index in [2.05, 4.69) is 15.6 Å². The van der Waals surface area contributed by atoms with Gasteiger partial charge in [-0.2, -0.15) is 0 Å². The van der Waals surface area contributed by atoms with E-state index in [4.69, 9.17) is 5.73 Å². The smallest absolute Gasteiger partial charge is 0.239 e. The van der Waals surface area contributed by atoms with Gasteiger partial charge in [0.1, 0.15) is 5.01 Å². The summed E-state index contributed by atoms with van der Waals surface area (Å²) in [5, 5.41) is 8.13. The summed E-state index contributed by atoms with van der Waals surface area (Å²) in [6, 6.07) is -0.707. The van der Waals surface area contributed by atoms with Gasteiger partial charge in [-0.1, -0.05) is 20.8 Å². The van der Waals surface area contributed by atoms with Crippen LogP contribution in [-0.2, 0) is 9.59 Å². The van der Waals surface area contributed by atoms with Gasteiger partial charge in [0.25, 0.3) is 0 Å². The molecule has 0 bridgehead atoms. The van der Waals surface area contributed by atoms with E-state index in [1.807, 2.05) is 26.2 Å². The molecule has 22 heavy (non-hydrogen) atoms. The van der Waals surface area contributed by atoms with Crippen molar-refractivity contribution in [2.45, 2.75) is 39.3 Å². The molecule has 0 aliphatic heterocycles. The molecule has 1 heterocycles. The third-order valence-electron chi connectivity index (χ3n) is 2.94. The molecule has 0 aliphatic carbocycles. The van der Waals surface area contributed by atoms with E-state index < -0.39 is 6.04 Å². The summed E-state index contributed by atoms with van der Waals surface area (Å²) in [5.41, 5.74) is 5.70. The van der Waals surface area contributed by atoms with Crippen LogP contribution in [0.15, 0.2) is 11.6 Å². The van der Waals surface area contributed by atoms with E-state index >= 15 is 0 Å². The van der Waals surface area contributed by atoms with Crippen LogP contribution in [0.2, 0.25) is 0 Å². The fourth-order valence-electron chi connectivity index (χ4n) is 1.58. The molecule has 0 saturated heterocycles. The third-order valence-corrected chi connectivity index (χ3v) is 3.83. The summed E-state index contributed by atoms with van der Waals surface area (Å²) < 4.78 is 0. The Balaban J connectivity index is 0. The second-order valence-corrected chi connectivity index (χ2v) is 5.81. The molecule has 0 radical (unpaired) electrons. The number of carbonyl (C=O) groups excluding carboxylic acids is 2. The second-order valence-electron chi connectivity index (χ2n) is 4.89. The maximum Gasteiger partial charge on any atom is 0.239 e. The summed E-state index contributed by atoms with van der Waals surface area (Å²) in [6.07, 6.45) is 2.46. The second kappa shape index (κ2) is 11.6. The molecule has 1 aromatic heterocycles. The van der Waals surface area contributed by atoms with Gasteiger partial charge in [0.2, 0.25) is 11.8 Å². The predicted molar refractivity (Wildman–Crippen MR) is 93.6 cm³/mol. The SMILES string of the molecule is CCC(NC(=O)CNC(=O)[C@@H](N)C(C)C)c1nccs1.Cl.Cl. The number of carbonyl (C=O) groups is 2. The van der Waals surface area contributed by atoms with Gasteiger partial charge in [-0.25, -0.2) is 4.98 Å². The number of thiazole rings is 1. The molecule has 1 unspecified atom stereocenters. The Morgan fingerprint density at radius 1 is 1.36 bits per heavy atom. The fourth-order valence-corrected chi connectivity index (χ4v) is 2.35. The number of hydrogen-bond donors (Lipinski definition) is 3. The van der Waals surface area contributed by atoms with Crippen LogP contribution in [0.3, 0.4) is 0 Å². The van der Waals surface area contributed by atoms with Crippen molar-refractivity contribution in [3.8, 4) is 0 Å². The molecule has 4 N–H and O–H groups in total. The van der Waals surface area contributed by atoms with Crippen molar-refractivity contribution in [3.05, 3.63) is 16.6 Å². The first-order valence-electron chi connectivity index (χ1n) is 6.67. The Kier molecular flexibility index (Phi) is 12.4. The van der Waals surface area contributed by atoms with E-state index in [-0.39, 0.29) is 55.1 Å². The Labute approximate surface area is 147 Å². The lowest BCUT2D eigenvalue weighted by Gasteiger charge is -2.17. The van der Waals surface area contributed by atoms with Gasteiger partial charge in [0, 0.05) is 11.6 Å². The van der Waals surface area contributed by atoms with Gasteiger partial charge in [-0.3, -0.25) is 9.59 Å². The minimum atomic E-state index is -0.594. The van der Waals surface area contributed by atoms with Crippen LogP contribution in [-0.4, -0.2) is 29.4 Å². The minimum Gasteiger partial charge on any atom is -0.346 e. The summed E-state index contributed by atoms with van der Waals surface area (Å²) in [6.45, 7) is 5.63. The first-order chi connectivity index (χ1) is 9.45. The highest BCUT2D eigenvalue weighted by atomic mass is 35.5. The molecule has 0 fully saturated rings. The van der Waals surface area contributed by atoms with Crippen LogP contribution in [0, 0.1) is 5.92 Å². The van der Waals surface area contributed by atoms with Crippen molar-refractivity contribution in [2.75, 3.05) is 6.54 Å². The van der Waals surface area contributed by atoms with E-state index in [1.54, 1.807) is 6.20 Å². The summed E-state index contributed by atoms with van der Waals surface area (Å²) in [7, 11) is 0.